The van der Waals surface area contributed by atoms with Crippen LogP contribution in [0.3, 0.4) is 0 Å². The zero-order chi connectivity index (χ0) is 15.8. The van der Waals surface area contributed by atoms with Gasteiger partial charge in [0.05, 0.1) is 13.8 Å². The SMILES string of the molecule is Fc1nc(OC2CC(Nc3nc4ccccc4s3)C2)ccc1I. The number of hydrogen-bond donors (Lipinski definition) is 1. The first-order chi connectivity index (χ1) is 11.2. The summed E-state index contributed by atoms with van der Waals surface area (Å²) in [7, 11) is 0. The van der Waals surface area contributed by atoms with Crippen LogP contribution in [0.4, 0.5) is 9.52 Å². The van der Waals surface area contributed by atoms with Gasteiger partial charge in [-0.2, -0.15) is 9.37 Å². The summed E-state index contributed by atoms with van der Waals surface area (Å²) in [5.74, 6) is -0.127. The van der Waals surface area contributed by atoms with Gasteiger partial charge in [-0.25, -0.2) is 4.98 Å². The summed E-state index contributed by atoms with van der Waals surface area (Å²) < 4.78 is 20.8. The normalized spacial score (nSPS) is 20.3. The average Bonchev–Trinajstić information content (AvgIpc) is 2.91. The molecular weight excluding hydrogens is 428 g/mol. The topological polar surface area (TPSA) is 47.0 Å². The fourth-order valence-electron chi connectivity index (χ4n) is 2.53. The standard InChI is InChI=1S/C16H13FIN3OS/c17-15-11(18)5-6-14(21-15)22-10-7-9(8-10)19-16-20-12-3-1-2-4-13(12)23-16/h1-6,9-10H,7-8H2,(H,19,20). The van der Waals surface area contributed by atoms with Crippen molar-refractivity contribution in [3.05, 3.63) is 45.9 Å². The van der Waals surface area contributed by atoms with Gasteiger partial charge in [-0.15, -0.1) is 0 Å². The quantitative estimate of drug-likeness (QED) is 0.480. The lowest BCUT2D eigenvalue weighted by Gasteiger charge is -2.35. The summed E-state index contributed by atoms with van der Waals surface area (Å²) in [6, 6.07) is 11.8. The minimum atomic E-state index is -0.480. The summed E-state index contributed by atoms with van der Waals surface area (Å²) >= 11 is 3.57. The molecule has 4 nitrogen and oxygen atoms in total. The maximum Gasteiger partial charge on any atom is 0.229 e. The predicted molar refractivity (Wildman–Crippen MR) is 97.6 cm³/mol. The number of ether oxygens (including phenoxy) is 1. The number of aromatic nitrogens is 2. The predicted octanol–water partition coefficient (Wildman–Crippen LogP) is 4.46. The second-order valence-corrected chi connectivity index (χ2v) is 7.65. The molecule has 0 saturated heterocycles. The molecule has 1 fully saturated rings. The van der Waals surface area contributed by atoms with E-state index < -0.39 is 5.95 Å². The Bertz CT molecular complexity index is 817. The maximum atomic E-state index is 13.4. The van der Waals surface area contributed by atoms with Crippen LogP contribution >= 0.6 is 33.9 Å². The van der Waals surface area contributed by atoms with E-state index in [1.54, 1.807) is 23.5 Å². The number of anilines is 1. The molecule has 2 aromatic heterocycles. The van der Waals surface area contributed by atoms with Crippen LogP contribution in [-0.2, 0) is 0 Å². The van der Waals surface area contributed by atoms with Crippen LogP contribution < -0.4 is 10.1 Å². The number of rotatable bonds is 4. The van der Waals surface area contributed by atoms with Gasteiger partial charge in [0.25, 0.3) is 0 Å². The Morgan fingerprint density at radius 1 is 1.17 bits per heavy atom. The van der Waals surface area contributed by atoms with Crippen molar-refractivity contribution in [1.82, 2.24) is 9.97 Å². The van der Waals surface area contributed by atoms with E-state index >= 15 is 0 Å². The Morgan fingerprint density at radius 3 is 2.78 bits per heavy atom. The van der Waals surface area contributed by atoms with Gasteiger partial charge in [-0.05, 0) is 40.8 Å². The molecule has 2 heterocycles. The van der Waals surface area contributed by atoms with Gasteiger partial charge in [0.2, 0.25) is 11.8 Å². The van der Waals surface area contributed by atoms with Gasteiger partial charge < -0.3 is 10.1 Å². The van der Waals surface area contributed by atoms with E-state index in [1.807, 2.05) is 40.8 Å². The van der Waals surface area contributed by atoms with E-state index in [9.17, 15) is 4.39 Å². The fourth-order valence-corrected chi connectivity index (χ4v) is 3.77. The van der Waals surface area contributed by atoms with Crippen molar-refractivity contribution in [2.45, 2.75) is 25.0 Å². The molecule has 3 aromatic rings. The van der Waals surface area contributed by atoms with Crippen molar-refractivity contribution in [3.63, 3.8) is 0 Å². The van der Waals surface area contributed by atoms with E-state index in [2.05, 4.69) is 21.4 Å². The molecule has 1 N–H and O–H groups in total. The minimum Gasteiger partial charge on any atom is -0.474 e. The van der Waals surface area contributed by atoms with Gasteiger partial charge in [0.15, 0.2) is 5.13 Å². The first-order valence-electron chi connectivity index (χ1n) is 7.28. The second-order valence-electron chi connectivity index (χ2n) is 5.46. The number of thiazole rings is 1. The van der Waals surface area contributed by atoms with Crippen molar-refractivity contribution >= 4 is 49.3 Å². The highest BCUT2D eigenvalue weighted by molar-refractivity contribution is 14.1. The summed E-state index contributed by atoms with van der Waals surface area (Å²) in [6.45, 7) is 0. The largest absolute Gasteiger partial charge is 0.474 e. The first-order valence-corrected chi connectivity index (χ1v) is 9.18. The third-order valence-electron chi connectivity index (χ3n) is 3.78. The summed E-state index contributed by atoms with van der Waals surface area (Å²) in [6.07, 6.45) is 1.81. The third kappa shape index (κ3) is 3.25. The molecule has 0 aliphatic heterocycles. The molecule has 0 unspecified atom stereocenters. The van der Waals surface area contributed by atoms with Crippen LogP contribution in [0.2, 0.25) is 0 Å². The highest BCUT2D eigenvalue weighted by Crippen LogP contribution is 2.31. The van der Waals surface area contributed by atoms with E-state index in [-0.39, 0.29) is 6.10 Å². The number of halogens is 2. The lowest BCUT2D eigenvalue weighted by Crippen LogP contribution is -2.42. The Kier molecular flexibility index (Phi) is 4.06. The van der Waals surface area contributed by atoms with Gasteiger partial charge in [0, 0.05) is 24.9 Å². The van der Waals surface area contributed by atoms with Crippen LogP contribution in [-0.4, -0.2) is 22.1 Å². The lowest BCUT2D eigenvalue weighted by molar-refractivity contribution is 0.102. The number of nitrogens with zero attached hydrogens (tertiary/aromatic N) is 2. The van der Waals surface area contributed by atoms with Crippen LogP contribution in [0.25, 0.3) is 10.2 Å². The third-order valence-corrected chi connectivity index (χ3v) is 5.55. The molecular formula is C16H13FIN3OS. The van der Waals surface area contributed by atoms with Crippen molar-refractivity contribution < 1.29 is 9.13 Å². The first kappa shape index (κ1) is 15.1. The van der Waals surface area contributed by atoms with Gasteiger partial charge >= 0.3 is 0 Å². The molecule has 0 bridgehead atoms. The lowest BCUT2D eigenvalue weighted by atomic mass is 9.89. The minimum absolute atomic E-state index is 0.0776. The Morgan fingerprint density at radius 2 is 2.00 bits per heavy atom. The number of benzene rings is 1. The maximum absolute atomic E-state index is 13.4. The molecule has 0 spiro atoms. The summed E-state index contributed by atoms with van der Waals surface area (Å²) in [5.41, 5.74) is 1.02. The zero-order valence-electron chi connectivity index (χ0n) is 12.0. The molecule has 0 amide bonds. The average molecular weight is 441 g/mol. The van der Waals surface area contributed by atoms with E-state index in [1.165, 1.54) is 4.70 Å². The number of para-hydroxylation sites is 1. The van der Waals surface area contributed by atoms with E-state index in [4.69, 9.17) is 4.74 Å². The van der Waals surface area contributed by atoms with E-state index in [0.29, 0.717) is 15.5 Å². The fraction of sp³-hybridized carbons (Fsp3) is 0.250. The Labute approximate surface area is 150 Å². The summed E-state index contributed by atoms with van der Waals surface area (Å²) in [4.78, 5) is 8.37. The highest BCUT2D eigenvalue weighted by Gasteiger charge is 2.31. The molecule has 118 valence electrons. The summed E-state index contributed by atoms with van der Waals surface area (Å²) in [5, 5.41) is 4.37. The van der Waals surface area contributed by atoms with Gasteiger partial charge in [-0.3, -0.25) is 0 Å². The van der Waals surface area contributed by atoms with Crippen molar-refractivity contribution in [2.75, 3.05) is 5.32 Å². The number of hydrogen-bond acceptors (Lipinski definition) is 5. The van der Waals surface area contributed by atoms with E-state index in [0.717, 1.165) is 23.5 Å². The van der Waals surface area contributed by atoms with Crippen LogP contribution in [0.5, 0.6) is 5.88 Å². The number of nitrogens with one attached hydrogen (secondary N) is 1. The molecule has 1 saturated carbocycles. The van der Waals surface area contributed by atoms with Gasteiger partial charge in [-0.1, -0.05) is 23.5 Å². The molecule has 1 aromatic carbocycles. The molecule has 0 radical (unpaired) electrons. The zero-order valence-corrected chi connectivity index (χ0v) is 15.0. The Hall–Kier alpha value is -1.48. The Balaban J connectivity index is 1.33. The molecule has 23 heavy (non-hydrogen) atoms. The van der Waals surface area contributed by atoms with Crippen LogP contribution in [0.1, 0.15) is 12.8 Å². The van der Waals surface area contributed by atoms with Crippen molar-refractivity contribution in [2.24, 2.45) is 0 Å². The molecule has 4 rings (SSSR count). The number of fused-ring (bicyclic) bond motifs is 1. The van der Waals surface area contributed by atoms with Crippen molar-refractivity contribution in [1.29, 1.82) is 0 Å². The molecule has 1 aliphatic rings. The highest BCUT2D eigenvalue weighted by atomic mass is 127. The second kappa shape index (κ2) is 6.20. The molecule has 1 aliphatic carbocycles. The molecule has 7 heteroatoms. The van der Waals surface area contributed by atoms with Gasteiger partial charge in [0.1, 0.15) is 6.10 Å². The molecule has 0 atom stereocenters. The monoisotopic (exact) mass is 441 g/mol. The number of pyridine rings is 1. The van der Waals surface area contributed by atoms with Crippen LogP contribution in [0, 0.1) is 9.52 Å². The van der Waals surface area contributed by atoms with Crippen molar-refractivity contribution in [3.8, 4) is 5.88 Å². The van der Waals surface area contributed by atoms with Crippen LogP contribution in [0.15, 0.2) is 36.4 Å². The smallest absolute Gasteiger partial charge is 0.229 e.